The Labute approximate surface area is 231 Å². The van der Waals surface area contributed by atoms with Gasteiger partial charge in [-0.15, -0.1) is 11.3 Å². The Morgan fingerprint density at radius 3 is 2.55 bits per heavy atom. The van der Waals surface area contributed by atoms with Gasteiger partial charge in [0, 0.05) is 61.0 Å². The molecule has 1 aromatic heterocycles. The number of amides is 3. The maximum Gasteiger partial charge on any atom is 0.280 e. The van der Waals surface area contributed by atoms with Crippen LogP contribution in [0.25, 0.3) is 10.8 Å². The van der Waals surface area contributed by atoms with E-state index in [1.807, 2.05) is 24.3 Å². The van der Waals surface area contributed by atoms with Crippen molar-refractivity contribution in [1.29, 1.82) is 0 Å². The molecule has 1 fully saturated rings. The fourth-order valence-corrected chi connectivity index (χ4v) is 6.62. The number of nitrogens with one attached hydrogen (secondary N) is 2. The number of benzene rings is 2. The fourth-order valence-electron chi connectivity index (χ4n) is 5.35. The van der Waals surface area contributed by atoms with E-state index in [-0.39, 0.29) is 29.7 Å². The summed E-state index contributed by atoms with van der Waals surface area (Å²) in [5.41, 5.74) is 1.53. The fraction of sp³-hybridized carbons (Fsp3) is 0.429. The molecule has 1 aliphatic heterocycles. The van der Waals surface area contributed by atoms with Crippen LogP contribution >= 0.6 is 22.9 Å². The van der Waals surface area contributed by atoms with E-state index in [1.165, 1.54) is 11.3 Å². The molecule has 10 heteroatoms. The number of fused-ring (bicyclic) bond motifs is 2. The largest absolute Gasteiger partial charge is 0.349 e. The first-order valence-electron chi connectivity index (χ1n) is 12.9. The molecule has 2 aromatic carbocycles. The Bertz CT molecular complexity index is 1390. The highest BCUT2D eigenvalue weighted by atomic mass is 35.5. The lowest BCUT2D eigenvalue weighted by atomic mass is 9.81. The van der Waals surface area contributed by atoms with Crippen molar-refractivity contribution in [2.75, 3.05) is 27.7 Å². The highest BCUT2D eigenvalue weighted by Crippen LogP contribution is 2.29. The van der Waals surface area contributed by atoms with Crippen molar-refractivity contribution in [2.45, 2.75) is 44.3 Å². The van der Waals surface area contributed by atoms with Crippen LogP contribution in [0, 0.1) is 5.92 Å². The maximum absolute atomic E-state index is 13.3. The van der Waals surface area contributed by atoms with E-state index >= 15 is 0 Å². The second-order valence-electron chi connectivity index (χ2n) is 10.5. The lowest BCUT2D eigenvalue weighted by Crippen LogP contribution is -2.55. The number of aromatic nitrogens is 1. The molecule has 3 atom stereocenters. The van der Waals surface area contributed by atoms with Gasteiger partial charge in [0.1, 0.15) is 0 Å². The summed E-state index contributed by atoms with van der Waals surface area (Å²) in [4.78, 5) is 48.9. The van der Waals surface area contributed by atoms with E-state index in [0.717, 1.165) is 40.9 Å². The topological polar surface area (TPSA) is 94.6 Å². The van der Waals surface area contributed by atoms with Gasteiger partial charge in [0.15, 0.2) is 5.01 Å². The number of carbonyl (C=O) groups excluding carboxylic acids is 3. The zero-order valence-corrected chi connectivity index (χ0v) is 23.4. The minimum Gasteiger partial charge on any atom is -0.349 e. The molecule has 2 N–H and O–H groups in total. The lowest BCUT2D eigenvalue weighted by molar-refractivity contribution is -0.134. The van der Waals surface area contributed by atoms with Gasteiger partial charge in [-0.2, -0.15) is 0 Å². The Balaban J connectivity index is 1.34. The summed E-state index contributed by atoms with van der Waals surface area (Å²) >= 11 is 7.52. The molecule has 2 aliphatic rings. The summed E-state index contributed by atoms with van der Waals surface area (Å²) in [6.45, 7) is 1.71. The third-order valence-corrected chi connectivity index (χ3v) is 8.77. The molecule has 0 radical (unpaired) electrons. The van der Waals surface area contributed by atoms with Crippen molar-refractivity contribution in [2.24, 2.45) is 5.92 Å². The van der Waals surface area contributed by atoms with Crippen molar-refractivity contribution in [3.8, 4) is 0 Å². The van der Waals surface area contributed by atoms with Crippen LogP contribution in [-0.2, 0) is 17.8 Å². The number of nitrogens with zero attached hydrogens (tertiary/aromatic N) is 3. The minimum absolute atomic E-state index is 0.0370. The van der Waals surface area contributed by atoms with Gasteiger partial charge < -0.3 is 20.4 Å². The third-order valence-electron chi connectivity index (χ3n) is 7.45. The average Bonchev–Trinajstić information content (AvgIpc) is 3.32. The average molecular weight is 554 g/mol. The molecule has 8 nitrogen and oxygen atoms in total. The van der Waals surface area contributed by atoms with Crippen molar-refractivity contribution in [1.82, 2.24) is 25.4 Å². The van der Waals surface area contributed by atoms with Crippen molar-refractivity contribution in [3.63, 3.8) is 0 Å². The van der Waals surface area contributed by atoms with E-state index in [0.29, 0.717) is 34.9 Å². The second kappa shape index (κ2) is 11.0. The third kappa shape index (κ3) is 5.70. The van der Waals surface area contributed by atoms with Gasteiger partial charge in [0.2, 0.25) is 5.91 Å². The van der Waals surface area contributed by atoms with Crippen LogP contribution in [0.5, 0.6) is 0 Å². The number of thiazole rings is 1. The molecule has 0 bridgehead atoms. The molecule has 1 saturated carbocycles. The molecule has 0 spiro atoms. The van der Waals surface area contributed by atoms with Gasteiger partial charge in [0.25, 0.3) is 11.8 Å². The summed E-state index contributed by atoms with van der Waals surface area (Å²) in [5, 5.41) is 9.21. The Morgan fingerprint density at radius 2 is 1.76 bits per heavy atom. The van der Waals surface area contributed by atoms with Gasteiger partial charge >= 0.3 is 0 Å². The number of likely N-dealkylation sites (N-methyl/N-ethyl adjacent to an activating group) is 1. The Hall–Kier alpha value is -3.01. The molecule has 0 unspecified atom stereocenters. The second-order valence-corrected chi connectivity index (χ2v) is 12.0. The number of carbonyl (C=O) groups is 3. The standard InChI is InChI=1S/C28H32ClN5O3S/c1-33(2)28(37)19-7-9-21(30-25(35)18-5-4-17-13-20(29)8-6-16(17)12-18)23(14-19)31-26(36)27-32-22-10-11-34(3)15-24(22)38-27/h4-6,8,12-13,19,21,23H,7,9-11,14-15H2,1-3H3,(H,30,35)(H,31,36)/t19-,21-,23+/m0/s1. The molecule has 0 saturated heterocycles. The molecule has 200 valence electrons. The maximum atomic E-state index is 13.3. The number of halogens is 1. The monoisotopic (exact) mass is 553 g/mol. The van der Waals surface area contributed by atoms with Crippen LogP contribution < -0.4 is 10.6 Å². The predicted octanol–water partition coefficient (Wildman–Crippen LogP) is 3.72. The van der Waals surface area contributed by atoms with E-state index in [2.05, 4.69) is 27.6 Å². The number of rotatable bonds is 5. The first-order valence-corrected chi connectivity index (χ1v) is 14.1. The Morgan fingerprint density at radius 1 is 1.03 bits per heavy atom. The van der Waals surface area contributed by atoms with Gasteiger partial charge in [-0.05, 0) is 61.3 Å². The molecular weight excluding hydrogens is 522 g/mol. The van der Waals surface area contributed by atoms with Crippen LogP contribution in [-0.4, -0.2) is 72.3 Å². The molecule has 38 heavy (non-hydrogen) atoms. The van der Waals surface area contributed by atoms with E-state index < -0.39 is 6.04 Å². The van der Waals surface area contributed by atoms with Crippen LogP contribution in [0.4, 0.5) is 0 Å². The van der Waals surface area contributed by atoms with E-state index in [1.54, 1.807) is 31.1 Å². The normalized spacial score (nSPS) is 21.5. The first kappa shape index (κ1) is 26.6. The quantitative estimate of drug-likeness (QED) is 0.502. The zero-order valence-electron chi connectivity index (χ0n) is 21.8. The molecule has 5 rings (SSSR count). The molecule has 3 amide bonds. The van der Waals surface area contributed by atoms with Crippen molar-refractivity contribution in [3.05, 3.63) is 62.6 Å². The number of hydrogen-bond acceptors (Lipinski definition) is 6. The predicted molar refractivity (Wildman–Crippen MR) is 150 cm³/mol. The number of hydrogen-bond donors (Lipinski definition) is 2. The van der Waals surface area contributed by atoms with E-state index in [4.69, 9.17) is 11.6 Å². The van der Waals surface area contributed by atoms with Crippen LogP contribution in [0.1, 0.15) is 50.0 Å². The first-order chi connectivity index (χ1) is 18.2. The van der Waals surface area contributed by atoms with Gasteiger partial charge in [-0.3, -0.25) is 14.4 Å². The SMILES string of the molecule is CN1CCc2nc(C(=O)N[C@@H]3C[C@@H](C(=O)N(C)C)CC[C@@H]3NC(=O)c3ccc4cc(Cl)ccc4c3)sc2C1. The smallest absolute Gasteiger partial charge is 0.280 e. The van der Waals surface area contributed by atoms with Gasteiger partial charge in [0.05, 0.1) is 11.7 Å². The highest BCUT2D eigenvalue weighted by Gasteiger charge is 2.37. The lowest BCUT2D eigenvalue weighted by Gasteiger charge is -2.37. The van der Waals surface area contributed by atoms with Crippen LogP contribution in [0.3, 0.4) is 0 Å². The minimum atomic E-state index is -0.392. The highest BCUT2D eigenvalue weighted by molar-refractivity contribution is 7.13. The molecule has 3 aromatic rings. The van der Waals surface area contributed by atoms with Crippen LogP contribution in [0.2, 0.25) is 5.02 Å². The molecule has 1 aliphatic carbocycles. The van der Waals surface area contributed by atoms with Crippen molar-refractivity contribution >= 4 is 51.4 Å². The summed E-state index contributed by atoms with van der Waals surface area (Å²) < 4.78 is 0. The molecule has 2 heterocycles. The van der Waals surface area contributed by atoms with Crippen molar-refractivity contribution < 1.29 is 14.4 Å². The summed E-state index contributed by atoms with van der Waals surface area (Å²) in [6, 6.07) is 10.4. The molecular formula is C28H32ClN5O3S. The zero-order chi connectivity index (χ0) is 27.0. The van der Waals surface area contributed by atoms with E-state index in [9.17, 15) is 14.4 Å². The summed E-state index contributed by atoms with van der Waals surface area (Å²) in [7, 11) is 5.55. The van der Waals surface area contributed by atoms with Gasteiger partial charge in [-0.1, -0.05) is 23.7 Å². The Kier molecular flexibility index (Phi) is 7.70. The van der Waals surface area contributed by atoms with Gasteiger partial charge in [-0.25, -0.2) is 4.98 Å². The summed E-state index contributed by atoms with van der Waals surface area (Å²) in [6.07, 6.45) is 2.51. The van der Waals surface area contributed by atoms with Crippen LogP contribution in [0.15, 0.2) is 36.4 Å². The summed E-state index contributed by atoms with van der Waals surface area (Å²) in [5.74, 6) is -0.643.